The van der Waals surface area contributed by atoms with Gasteiger partial charge < -0.3 is 11.1 Å². The van der Waals surface area contributed by atoms with Crippen molar-refractivity contribution in [2.75, 3.05) is 5.32 Å². The van der Waals surface area contributed by atoms with Crippen molar-refractivity contribution in [3.63, 3.8) is 0 Å². The Kier molecular flexibility index (Phi) is 3.44. The van der Waals surface area contributed by atoms with Crippen molar-refractivity contribution >= 4 is 5.69 Å². The van der Waals surface area contributed by atoms with E-state index in [2.05, 4.69) is 5.32 Å². The topological polar surface area (TPSA) is 38.0 Å². The van der Waals surface area contributed by atoms with E-state index in [-0.39, 0.29) is 17.9 Å². The number of nitrogens with one attached hydrogen (secondary N) is 1. The molecule has 1 aliphatic carbocycles. The van der Waals surface area contributed by atoms with Crippen LogP contribution >= 0.6 is 0 Å². The van der Waals surface area contributed by atoms with E-state index in [0.717, 1.165) is 18.4 Å². The predicted molar refractivity (Wildman–Crippen MR) is 65.0 cm³/mol. The van der Waals surface area contributed by atoms with Gasteiger partial charge in [-0.3, -0.25) is 0 Å². The Hall–Kier alpha value is -1.09. The molecule has 3 heteroatoms. The van der Waals surface area contributed by atoms with Gasteiger partial charge in [0.1, 0.15) is 5.82 Å². The largest absolute Gasteiger partial charge is 0.378 e. The van der Waals surface area contributed by atoms with Gasteiger partial charge in [0.15, 0.2) is 0 Å². The number of nitrogens with two attached hydrogens (primary N) is 1. The van der Waals surface area contributed by atoms with Crippen LogP contribution in [-0.2, 0) is 0 Å². The number of hydrogen-bond acceptors (Lipinski definition) is 2. The lowest BCUT2D eigenvalue weighted by molar-refractivity contribution is 0.403. The average molecular weight is 222 g/mol. The second-order valence-electron chi connectivity index (χ2n) is 4.68. The summed E-state index contributed by atoms with van der Waals surface area (Å²) in [6, 6.07) is 5.63. The maximum atomic E-state index is 13.6. The summed E-state index contributed by atoms with van der Waals surface area (Å²) in [4.78, 5) is 0. The van der Waals surface area contributed by atoms with Crippen molar-refractivity contribution < 1.29 is 4.39 Å². The van der Waals surface area contributed by atoms with Gasteiger partial charge in [-0.2, -0.15) is 0 Å². The van der Waals surface area contributed by atoms with Crippen LogP contribution in [0.2, 0.25) is 0 Å². The number of anilines is 1. The summed E-state index contributed by atoms with van der Waals surface area (Å²) in [7, 11) is 0. The number of aryl methyl sites for hydroxylation is 1. The highest BCUT2D eigenvalue weighted by Crippen LogP contribution is 2.23. The van der Waals surface area contributed by atoms with E-state index >= 15 is 0 Å². The van der Waals surface area contributed by atoms with E-state index < -0.39 is 0 Å². The summed E-state index contributed by atoms with van der Waals surface area (Å²) in [5.74, 6) is -0.183. The number of rotatable bonds is 2. The lowest BCUT2D eigenvalue weighted by Crippen LogP contribution is -2.42. The molecule has 2 rings (SSSR count). The molecule has 0 saturated heterocycles. The van der Waals surface area contributed by atoms with Crippen LogP contribution in [0.25, 0.3) is 0 Å². The van der Waals surface area contributed by atoms with E-state index in [9.17, 15) is 4.39 Å². The first kappa shape index (κ1) is 11.4. The second-order valence-corrected chi connectivity index (χ2v) is 4.68. The Bertz CT molecular complexity index is 365. The van der Waals surface area contributed by atoms with Crippen molar-refractivity contribution in [3.05, 3.63) is 29.6 Å². The number of hydrogen-bond donors (Lipinski definition) is 2. The van der Waals surface area contributed by atoms with Crippen LogP contribution in [0.5, 0.6) is 0 Å². The number of halogens is 1. The summed E-state index contributed by atoms with van der Waals surface area (Å²) in [5, 5.41) is 3.23. The molecule has 0 aliphatic heterocycles. The minimum Gasteiger partial charge on any atom is -0.378 e. The zero-order valence-corrected chi connectivity index (χ0v) is 9.67. The molecule has 1 fully saturated rings. The highest BCUT2D eigenvalue weighted by molar-refractivity contribution is 5.47. The van der Waals surface area contributed by atoms with Crippen LogP contribution in [0.15, 0.2) is 18.2 Å². The molecule has 0 bridgehead atoms. The van der Waals surface area contributed by atoms with E-state index in [4.69, 9.17) is 5.73 Å². The first-order valence-corrected chi connectivity index (χ1v) is 5.95. The Labute approximate surface area is 96.0 Å². The SMILES string of the molecule is Cc1ccc(N[C@@H]2CCCC[C@@H]2N)c(F)c1. The standard InChI is InChI=1S/C13H19FN2/c1-9-6-7-12(10(14)8-9)16-13-5-3-2-4-11(13)15/h6-8,11,13,16H,2-5,15H2,1H3/t11-,13+/m0/s1. The van der Waals surface area contributed by atoms with E-state index in [1.807, 2.05) is 13.0 Å². The fourth-order valence-corrected chi connectivity index (χ4v) is 2.28. The van der Waals surface area contributed by atoms with Crippen LogP contribution in [-0.4, -0.2) is 12.1 Å². The normalized spacial score (nSPS) is 25.4. The second kappa shape index (κ2) is 4.83. The molecule has 0 spiro atoms. The molecular weight excluding hydrogens is 203 g/mol. The number of benzene rings is 1. The molecule has 0 aromatic heterocycles. The molecule has 1 aromatic carbocycles. The van der Waals surface area contributed by atoms with Crippen molar-refractivity contribution in [3.8, 4) is 0 Å². The quantitative estimate of drug-likeness (QED) is 0.807. The van der Waals surface area contributed by atoms with Gasteiger partial charge in [-0.25, -0.2) is 4.39 Å². The highest BCUT2D eigenvalue weighted by atomic mass is 19.1. The maximum absolute atomic E-state index is 13.6. The van der Waals surface area contributed by atoms with Gasteiger partial charge >= 0.3 is 0 Å². The summed E-state index contributed by atoms with van der Waals surface area (Å²) < 4.78 is 13.6. The van der Waals surface area contributed by atoms with Crippen LogP contribution in [0, 0.1) is 12.7 Å². The van der Waals surface area contributed by atoms with Gasteiger partial charge in [0, 0.05) is 12.1 Å². The van der Waals surface area contributed by atoms with E-state index in [0.29, 0.717) is 5.69 Å². The van der Waals surface area contributed by atoms with Gasteiger partial charge in [0.05, 0.1) is 5.69 Å². The minimum atomic E-state index is -0.183. The highest BCUT2D eigenvalue weighted by Gasteiger charge is 2.22. The molecule has 3 N–H and O–H groups in total. The third-order valence-corrected chi connectivity index (χ3v) is 3.28. The summed E-state index contributed by atoms with van der Waals surface area (Å²) >= 11 is 0. The van der Waals surface area contributed by atoms with Crippen molar-refractivity contribution in [2.45, 2.75) is 44.7 Å². The van der Waals surface area contributed by atoms with E-state index in [1.165, 1.54) is 12.8 Å². The molecule has 0 radical (unpaired) electrons. The molecular formula is C13H19FN2. The zero-order chi connectivity index (χ0) is 11.5. The maximum Gasteiger partial charge on any atom is 0.146 e. The van der Waals surface area contributed by atoms with Crippen molar-refractivity contribution in [2.24, 2.45) is 5.73 Å². The monoisotopic (exact) mass is 222 g/mol. The molecule has 2 atom stereocenters. The molecule has 1 saturated carbocycles. The van der Waals surface area contributed by atoms with Crippen molar-refractivity contribution in [1.82, 2.24) is 0 Å². The average Bonchev–Trinajstić information content (AvgIpc) is 2.25. The van der Waals surface area contributed by atoms with Gasteiger partial charge in [-0.15, -0.1) is 0 Å². The third kappa shape index (κ3) is 2.53. The first-order chi connectivity index (χ1) is 7.66. The van der Waals surface area contributed by atoms with E-state index in [1.54, 1.807) is 12.1 Å². The Balaban J connectivity index is 2.07. The van der Waals surface area contributed by atoms with Crippen LogP contribution in [0.3, 0.4) is 0 Å². The molecule has 0 unspecified atom stereocenters. The molecule has 2 nitrogen and oxygen atoms in total. The molecule has 1 aromatic rings. The lowest BCUT2D eigenvalue weighted by atomic mass is 9.91. The molecule has 0 heterocycles. The summed E-state index contributed by atoms with van der Waals surface area (Å²) in [6.45, 7) is 1.89. The van der Waals surface area contributed by atoms with Crippen LogP contribution in [0.1, 0.15) is 31.2 Å². The summed E-state index contributed by atoms with van der Waals surface area (Å²) in [5.41, 5.74) is 7.54. The van der Waals surface area contributed by atoms with Gasteiger partial charge in [0.25, 0.3) is 0 Å². The lowest BCUT2D eigenvalue weighted by Gasteiger charge is -2.30. The third-order valence-electron chi connectivity index (χ3n) is 3.28. The smallest absolute Gasteiger partial charge is 0.146 e. The minimum absolute atomic E-state index is 0.148. The van der Waals surface area contributed by atoms with Crippen LogP contribution in [0.4, 0.5) is 10.1 Å². The molecule has 1 aliphatic rings. The fourth-order valence-electron chi connectivity index (χ4n) is 2.28. The van der Waals surface area contributed by atoms with Gasteiger partial charge in [0.2, 0.25) is 0 Å². The Morgan fingerprint density at radius 1 is 1.31 bits per heavy atom. The summed E-state index contributed by atoms with van der Waals surface area (Å²) in [6.07, 6.45) is 4.44. The Morgan fingerprint density at radius 3 is 2.75 bits per heavy atom. The zero-order valence-electron chi connectivity index (χ0n) is 9.67. The van der Waals surface area contributed by atoms with Gasteiger partial charge in [-0.05, 0) is 37.5 Å². The van der Waals surface area contributed by atoms with Crippen LogP contribution < -0.4 is 11.1 Å². The molecule has 88 valence electrons. The fraction of sp³-hybridized carbons (Fsp3) is 0.538. The van der Waals surface area contributed by atoms with Gasteiger partial charge in [-0.1, -0.05) is 18.9 Å². The predicted octanol–water partition coefficient (Wildman–Crippen LogP) is 2.82. The molecule has 16 heavy (non-hydrogen) atoms. The van der Waals surface area contributed by atoms with Crippen molar-refractivity contribution in [1.29, 1.82) is 0 Å². The Morgan fingerprint density at radius 2 is 2.06 bits per heavy atom. The first-order valence-electron chi connectivity index (χ1n) is 5.95. The molecule has 0 amide bonds.